The van der Waals surface area contributed by atoms with E-state index in [1.165, 1.54) is 0 Å². The summed E-state index contributed by atoms with van der Waals surface area (Å²) in [5, 5.41) is 8.96. The number of hydrogen-bond acceptors (Lipinski definition) is 2. The van der Waals surface area contributed by atoms with E-state index in [0.29, 0.717) is 12.5 Å². The molecule has 1 N–H and O–H groups in total. The molecule has 0 rings (SSSR count). The van der Waals surface area contributed by atoms with Crippen LogP contribution in [-0.2, 0) is 9.59 Å². The Morgan fingerprint density at radius 1 is 1.06 bits per heavy atom. The van der Waals surface area contributed by atoms with Crippen molar-refractivity contribution >= 4 is 11.9 Å². The molecule has 0 aromatic carbocycles. The third-order valence-corrected chi connectivity index (χ3v) is 3.86. The van der Waals surface area contributed by atoms with E-state index in [1.807, 2.05) is 6.92 Å². The number of carbonyl (C=O) groups is 2. The molecular formula is C14H27NO3. The Balaban J connectivity index is 4.65. The predicted octanol–water partition coefficient (Wildman–Crippen LogP) is 2.63. The Labute approximate surface area is 110 Å². The molecule has 18 heavy (non-hydrogen) atoms. The molecule has 0 aromatic rings. The lowest BCUT2D eigenvalue weighted by atomic mass is 9.94. The van der Waals surface area contributed by atoms with Gasteiger partial charge in [-0.15, -0.1) is 0 Å². The second kappa shape index (κ2) is 8.11. The molecular weight excluding hydrogens is 230 g/mol. The number of aliphatic carboxylic acids is 1. The largest absolute Gasteiger partial charge is 0.481 e. The van der Waals surface area contributed by atoms with Gasteiger partial charge in [0.1, 0.15) is 0 Å². The molecule has 0 fully saturated rings. The first-order valence-electron chi connectivity index (χ1n) is 6.90. The number of nitrogens with zero attached hydrogens (tertiary/aromatic N) is 1. The minimum atomic E-state index is -0.908. The maximum absolute atomic E-state index is 12.3. The molecule has 0 aromatic heterocycles. The van der Waals surface area contributed by atoms with Crippen LogP contribution in [-0.4, -0.2) is 35.0 Å². The van der Waals surface area contributed by atoms with Crippen LogP contribution in [0.3, 0.4) is 0 Å². The van der Waals surface area contributed by atoms with Crippen LogP contribution in [0.2, 0.25) is 0 Å². The number of amides is 1. The van der Waals surface area contributed by atoms with Gasteiger partial charge in [0.05, 0.1) is 5.92 Å². The van der Waals surface area contributed by atoms with Crippen molar-refractivity contribution < 1.29 is 14.7 Å². The van der Waals surface area contributed by atoms with Gasteiger partial charge in [-0.1, -0.05) is 40.5 Å². The van der Waals surface area contributed by atoms with Crippen molar-refractivity contribution in [3.05, 3.63) is 0 Å². The SMILES string of the molecule is CCC(CC)CN(CC)C(=O)C(C)C(C)C(=O)O. The maximum atomic E-state index is 12.3. The van der Waals surface area contributed by atoms with Gasteiger partial charge >= 0.3 is 5.97 Å². The lowest BCUT2D eigenvalue weighted by Gasteiger charge is -2.29. The summed E-state index contributed by atoms with van der Waals surface area (Å²) in [4.78, 5) is 25.0. The number of carboxylic acids is 1. The first-order chi connectivity index (χ1) is 8.38. The second-order valence-corrected chi connectivity index (χ2v) is 4.97. The normalized spacial score (nSPS) is 14.3. The van der Waals surface area contributed by atoms with Gasteiger partial charge in [-0.05, 0) is 12.8 Å². The van der Waals surface area contributed by atoms with Crippen molar-refractivity contribution in [3.63, 3.8) is 0 Å². The van der Waals surface area contributed by atoms with E-state index < -0.39 is 17.8 Å². The zero-order valence-electron chi connectivity index (χ0n) is 12.3. The van der Waals surface area contributed by atoms with Gasteiger partial charge in [0.15, 0.2) is 0 Å². The Hall–Kier alpha value is -1.06. The molecule has 0 saturated carbocycles. The minimum absolute atomic E-state index is 0.0423. The zero-order valence-corrected chi connectivity index (χ0v) is 12.3. The molecule has 0 heterocycles. The van der Waals surface area contributed by atoms with Crippen LogP contribution in [0, 0.1) is 17.8 Å². The fourth-order valence-electron chi connectivity index (χ4n) is 1.95. The lowest BCUT2D eigenvalue weighted by molar-refractivity contribution is -0.149. The molecule has 106 valence electrons. The Morgan fingerprint density at radius 2 is 1.56 bits per heavy atom. The number of hydrogen-bond donors (Lipinski definition) is 1. The van der Waals surface area contributed by atoms with Crippen molar-refractivity contribution in [1.29, 1.82) is 0 Å². The fourth-order valence-corrected chi connectivity index (χ4v) is 1.95. The third-order valence-electron chi connectivity index (χ3n) is 3.86. The summed E-state index contributed by atoms with van der Waals surface area (Å²) in [6, 6.07) is 0. The van der Waals surface area contributed by atoms with Crippen LogP contribution in [0.15, 0.2) is 0 Å². The van der Waals surface area contributed by atoms with Gasteiger partial charge in [-0.3, -0.25) is 9.59 Å². The molecule has 0 aliphatic rings. The van der Waals surface area contributed by atoms with Gasteiger partial charge in [0.2, 0.25) is 5.91 Å². The standard InChI is InChI=1S/C14H27NO3/c1-6-12(7-2)9-15(8-3)13(16)10(4)11(5)14(17)18/h10-12H,6-9H2,1-5H3,(H,17,18). The molecule has 0 aliphatic carbocycles. The van der Waals surface area contributed by atoms with Gasteiger partial charge in [-0.25, -0.2) is 0 Å². The highest BCUT2D eigenvalue weighted by Crippen LogP contribution is 2.17. The van der Waals surface area contributed by atoms with Gasteiger partial charge in [0, 0.05) is 19.0 Å². The monoisotopic (exact) mass is 257 g/mol. The minimum Gasteiger partial charge on any atom is -0.481 e. The highest BCUT2D eigenvalue weighted by Gasteiger charge is 2.29. The molecule has 2 unspecified atom stereocenters. The smallest absolute Gasteiger partial charge is 0.307 e. The van der Waals surface area contributed by atoms with E-state index >= 15 is 0 Å². The Bertz CT molecular complexity index is 274. The summed E-state index contributed by atoms with van der Waals surface area (Å²) in [5.74, 6) is -1.54. The molecule has 1 amide bonds. The molecule has 4 heteroatoms. The summed E-state index contributed by atoms with van der Waals surface area (Å²) in [6.45, 7) is 10.9. The molecule has 2 atom stereocenters. The quantitative estimate of drug-likeness (QED) is 0.727. The molecule has 0 saturated heterocycles. The molecule has 0 radical (unpaired) electrons. The topological polar surface area (TPSA) is 57.6 Å². The van der Waals surface area contributed by atoms with Crippen molar-refractivity contribution in [2.75, 3.05) is 13.1 Å². The van der Waals surface area contributed by atoms with Crippen molar-refractivity contribution in [1.82, 2.24) is 4.90 Å². The van der Waals surface area contributed by atoms with E-state index in [2.05, 4.69) is 13.8 Å². The first-order valence-corrected chi connectivity index (χ1v) is 6.90. The fraction of sp³-hybridized carbons (Fsp3) is 0.857. The Morgan fingerprint density at radius 3 is 1.89 bits per heavy atom. The van der Waals surface area contributed by atoms with Crippen LogP contribution >= 0.6 is 0 Å². The zero-order chi connectivity index (χ0) is 14.3. The number of rotatable bonds is 8. The predicted molar refractivity (Wildman–Crippen MR) is 72.3 cm³/mol. The summed E-state index contributed by atoms with van der Waals surface area (Å²) < 4.78 is 0. The van der Waals surface area contributed by atoms with Crippen LogP contribution < -0.4 is 0 Å². The van der Waals surface area contributed by atoms with E-state index in [1.54, 1.807) is 18.7 Å². The first kappa shape index (κ1) is 16.9. The number of carbonyl (C=O) groups excluding carboxylic acids is 1. The van der Waals surface area contributed by atoms with Crippen LogP contribution in [0.1, 0.15) is 47.5 Å². The number of carboxylic acid groups (broad SMARTS) is 1. The third kappa shape index (κ3) is 4.67. The molecule has 4 nitrogen and oxygen atoms in total. The average Bonchev–Trinajstić information content (AvgIpc) is 2.37. The highest BCUT2D eigenvalue weighted by atomic mass is 16.4. The summed E-state index contributed by atoms with van der Waals surface area (Å²) in [6.07, 6.45) is 2.09. The van der Waals surface area contributed by atoms with Crippen molar-refractivity contribution in [2.24, 2.45) is 17.8 Å². The van der Waals surface area contributed by atoms with E-state index in [-0.39, 0.29) is 5.91 Å². The van der Waals surface area contributed by atoms with Crippen molar-refractivity contribution in [3.8, 4) is 0 Å². The maximum Gasteiger partial charge on any atom is 0.307 e. The average molecular weight is 257 g/mol. The summed E-state index contributed by atoms with van der Waals surface area (Å²) in [7, 11) is 0. The van der Waals surface area contributed by atoms with Crippen LogP contribution in [0.5, 0.6) is 0 Å². The molecule has 0 bridgehead atoms. The van der Waals surface area contributed by atoms with Gasteiger partial charge < -0.3 is 10.0 Å². The van der Waals surface area contributed by atoms with E-state index in [9.17, 15) is 9.59 Å². The summed E-state index contributed by atoms with van der Waals surface area (Å²) >= 11 is 0. The second-order valence-electron chi connectivity index (χ2n) is 4.97. The van der Waals surface area contributed by atoms with Crippen molar-refractivity contribution in [2.45, 2.75) is 47.5 Å². The lowest BCUT2D eigenvalue weighted by Crippen LogP contribution is -2.41. The summed E-state index contributed by atoms with van der Waals surface area (Å²) in [5.41, 5.74) is 0. The van der Waals surface area contributed by atoms with Gasteiger partial charge in [-0.2, -0.15) is 0 Å². The van der Waals surface area contributed by atoms with E-state index in [4.69, 9.17) is 5.11 Å². The van der Waals surface area contributed by atoms with Crippen LogP contribution in [0.4, 0.5) is 0 Å². The van der Waals surface area contributed by atoms with E-state index in [0.717, 1.165) is 19.4 Å². The van der Waals surface area contributed by atoms with Gasteiger partial charge in [0.25, 0.3) is 0 Å². The molecule has 0 spiro atoms. The van der Waals surface area contributed by atoms with Crippen LogP contribution in [0.25, 0.3) is 0 Å². The Kier molecular flexibility index (Phi) is 7.64. The highest BCUT2D eigenvalue weighted by molar-refractivity contribution is 5.84. The molecule has 0 aliphatic heterocycles.